The summed E-state index contributed by atoms with van der Waals surface area (Å²) in [6.45, 7) is 9.18. The van der Waals surface area contributed by atoms with Crippen LogP contribution in [-0.2, 0) is 0 Å². The highest BCUT2D eigenvalue weighted by molar-refractivity contribution is 5.80. The molecule has 2 aliphatic heterocycles. The van der Waals surface area contributed by atoms with E-state index in [2.05, 4.69) is 63.4 Å². The zero-order valence-corrected chi connectivity index (χ0v) is 16.5. The van der Waals surface area contributed by atoms with Gasteiger partial charge in [-0.25, -0.2) is 0 Å². The van der Waals surface area contributed by atoms with Crippen molar-refractivity contribution in [3.05, 3.63) is 41.5 Å². The molecule has 1 N–H and O–H groups in total. The van der Waals surface area contributed by atoms with E-state index in [-0.39, 0.29) is 0 Å². The number of rotatable bonds is 5. The van der Waals surface area contributed by atoms with Crippen LogP contribution in [0.15, 0.2) is 40.9 Å². The second-order valence-corrected chi connectivity index (χ2v) is 7.58. The summed E-state index contributed by atoms with van der Waals surface area (Å²) in [6.07, 6.45) is 7.18. The molecule has 2 heterocycles. The predicted molar refractivity (Wildman–Crippen MR) is 111 cm³/mol. The second kappa shape index (κ2) is 9.77. The summed E-state index contributed by atoms with van der Waals surface area (Å²) in [5.41, 5.74) is 2.87. The van der Waals surface area contributed by atoms with E-state index in [9.17, 15) is 0 Å². The van der Waals surface area contributed by atoms with Gasteiger partial charge >= 0.3 is 0 Å². The maximum Gasteiger partial charge on any atom is 0.193 e. The molecule has 0 spiro atoms. The van der Waals surface area contributed by atoms with E-state index in [0.29, 0.717) is 0 Å². The van der Waals surface area contributed by atoms with Crippen molar-refractivity contribution >= 4 is 12.0 Å². The molecule has 1 aromatic carbocycles. The zero-order chi connectivity index (χ0) is 18.2. The molecule has 2 aliphatic rings. The summed E-state index contributed by atoms with van der Waals surface area (Å²) < 4.78 is 0. The number of piperidine rings is 1. The van der Waals surface area contributed by atoms with E-state index in [4.69, 9.17) is 0 Å². The number of nitrogens with one attached hydrogen (secondary N) is 1. The fraction of sp³-hybridized carbons (Fsp3) is 0.591. The average molecular weight is 355 g/mol. The minimum absolute atomic E-state index is 0.761. The van der Waals surface area contributed by atoms with Crippen LogP contribution in [0.25, 0.3) is 6.08 Å². The summed E-state index contributed by atoms with van der Waals surface area (Å²) in [4.78, 5) is 9.55. The molecular weight excluding hydrogens is 320 g/mol. The van der Waals surface area contributed by atoms with E-state index >= 15 is 0 Å². The molecule has 4 nitrogen and oxygen atoms in total. The largest absolute Gasteiger partial charge is 0.356 e. The fourth-order valence-corrected chi connectivity index (χ4v) is 4.10. The van der Waals surface area contributed by atoms with Gasteiger partial charge in [0.05, 0.1) is 0 Å². The van der Waals surface area contributed by atoms with Crippen molar-refractivity contribution < 1.29 is 0 Å². The highest BCUT2D eigenvalue weighted by Crippen LogP contribution is 2.20. The first-order valence-corrected chi connectivity index (χ1v) is 10.2. The molecule has 3 rings (SSSR count). The van der Waals surface area contributed by atoms with Crippen LogP contribution in [0.5, 0.6) is 0 Å². The Morgan fingerprint density at radius 2 is 1.96 bits per heavy atom. The number of aliphatic imine (C=N–C) groups is 1. The van der Waals surface area contributed by atoms with Crippen LogP contribution < -0.4 is 5.32 Å². The molecular formula is C22H34N4. The Balaban J connectivity index is 1.45. The minimum Gasteiger partial charge on any atom is -0.356 e. The molecule has 2 fully saturated rings. The van der Waals surface area contributed by atoms with Gasteiger partial charge in [0.1, 0.15) is 0 Å². The molecule has 0 saturated carbocycles. The molecule has 142 valence electrons. The van der Waals surface area contributed by atoms with E-state index in [0.717, 1.165) is 44.4 Å². The monoisotopic (exact) mass is 354 g/mol. The minimum atomic E-state index is 0.761. The third kappa shape index (κ3) is 5.34. The van der Waals surface area contributed by atoms with Crippen molar-refractivity contribution in [3.63, 3.8) is 0 Å². The lowest BCUT2D eigenvalue weighted by Gasteiger charge is -2.32. The van der Waals surface area contributed by atoms with Gasteiger partial charge in [-0.15, -0.1) is 0 Å². The smallest absolute Gasteiger partial charge is 0.193 e. The topological polar surface area (TPSA) is 30.9 Å². The van der Waals surface area contributed by atoms with Gasteiger partial charge in [-0.3, -0.25) is 4.99 Å². The molecule has 4 heteroatoms. The third-order valence-electron chi connectivity index (χ3n) is 5.55. The van der Waals surface area contributed by atoms with Gasteiger partial charge in [-0.1, -0.05) is 48.9 Å². The molecule has 0 aliphatic carbocycles. The van der Waals surface area contributed by atoms with E-state index in [1.54, 1.807) is 5.57 Å². The lowest BCUT2D eigenvalue weighted by Crippen LogP contribution is -2.46. The summed E-state index contributed by atoms with van der Waals surface area (Å²) in [5.74, 6) is 1.84. The Bertz CT molecular complexity index is 598. The highest BCUT2D eigenvalue weighted by Gasteiger charge is 2.23. The SMILES string of the molecule is CCCN1CCC(CNC(=NC)N2CCC(=Cc3ccccc3)CC2)C1. The first-order valence-electron chi connectivity index (χ1n) is 10.2. The lowest BCUT2D eigenvalue weighted by molar-refractivity contribution is 0.322. The average Bonchev–Trinajstić information content (AvgIpc) is 3.12. The van der Waals surface area contributed by atoms with Crippen LogP contribution in [0.2, 0.25) is 0 Å². The van der Waals surface area contributed by atoms with Crippen molar-refractivity contribution in [2.24, 2.45) is 10.9 Å². The van der Waals surface area contributed by atoms with E-state index < -0.39 is 0 Å². The van der Waals surface area contributed by atoms with E-state index in [1.807, 2.05) is 7.05 Å². The Morgan fingerprint density at radius 3 is 2.65 bits per heavy atom. The van der Waals surface area contributed by atoms with Gasteiger partial charge in [-0.2, -0.15) is 0 Å². The summed E-state index contributed by atoms with van der Waals surface area (Å²) in [5, 5.41) is 3.64. The Hall–Kier alpha value is -1.81. The van der Waals surface area contributed by atoms with Crippen molar-refractivity contribution in [1.82, 2.24) is 15.1 Å². The van der Waals surface area contributed by atoms with Crippen molar-refractivity contribution in [3.8, 4) is 0 Å². The van der Waals surface area contributed by atoms with Crippen molar-refractivity contribution in [1.29, 1.82) is 0 Å². The van der Waals surface area contributed by atoms with Crippen LogP contribution in [0.1, 0.15) is 38.2 Å². The molecule has 0 aromatic heterocycles. The van der Waals surface area contributed by atoms with Crippen LogP contribution in [0.3, 0.4) is 0 Å². The lowest BCUT2D eigenvalue weighted by atomic mass is 10.0. The molecule has 26 heavy (non-hydrogen) atoms. The quantitative estimate of drug-likeness (QED) is 0.649. The van der Waals surface area contributed by atoms with Crippen molar-refractivity contribution in [2.75, 3.05) is 46.3 Å². The Morgan fingerprint density at radius 1 is 1.19 bits per heavy atom. The van der Waals surface area contributed by atoms with Crippen molar-refractivity contribution in [2.45, 2.75) is 32.6 Å². The van der Waals surface area contributed by atoms with Gasteiger partial charge in [-0.05, 0) is 50.3 Å². The number of likely N-dealkylation sites (tertiary alicyclic amines) is 2. The second-order valence-electron chi connectivity index (χ2n) is 7.58. The van der Waals surface area contributed by atoms with Gasteiger partial charge < -0.3 is 15.1 Å². The third-order valence-corrected chi connectivity index (χ3v) is 5.55. The summed E-state index contributed by atoms with van der Waals surface area (Å²) >= 11 is 0. The molecule has 0 amide bonds. The number of benzene rings is 1. The maximum atomic E-state index is 4.54. The molecule has 1 atom stereocenters. The number of hydrogen-bond donors (Lipinski definition) is 1. The van der Waals surface area contributed by atoms with Crippen LogP contribution in [0.4, 0.5) is 0 Å². The van der Waals surface area contributed by atoms with Gasteiger partial charge in [0, 0.05) is 33.2 Å². The first kappa shape index (κ1) is 19.0. The number of hydrogen-bond acceptors (Lipinski definition) is 2. The number of nitrogens with zero attached hydrogens (tertiary/aromatic N) is 3. The fourth-order valence-electron chi connectivity index (χ4n) is 4.10. The molecule has 0 bridgehead atoms. The maximum absolute atomic E-state index is 4.54. The van der Waals surface area contributed by atoms with Crippen LogP contribution >= 0.6 is 0 Å². The predicted octanol–water partition coefficient (Wildman–Crippen LogP) is 3.47. The van der Waals surface area contributed by atoms with Crippen LogP contribution in [-0.4, -0.2) is 62.1 Å². The standard InChI is InChI=1S/C22H34N4/c1-3-12-25-13-9-21(18-25)17-24-22(23-2)26-14-10-20(11-15-26)16-19-7-5-4-6-8-19/h4-8,16,21H,3,9-15,17-18H2,1-2H3,(H,23,24). The summed E-state index contributed by atoms with van der Waals surface area (Å²) in [7, 11) is 1.91. The Labute approximate surface area is 159 Å². The Kier molecular flexibility index (Phi) is 7.13. The van der Waals surface area contributed by atoms with Crippen LogP contribution in [0, 0.1) is 5.92 Å². The number of guanidine groups is 1. The zero-order valence-electron chi connectivity index (χ0n) is 16.5. The normalized spacial score (nSPS) is 21.9. The van der Waals surface area contributed by atoms with Gasteiger partial charge in [0.15, 0.2) is 5.96 Å². The first-order chi connectivity index (χ1) is 12.8. The molecule has 1 aromatic rings. The van der Waals surface area contributed by atoms with Gasteiger partial charge in [0.25, 0.3) is 0 Å². The van der Waals surface area contributed by atoms with E-state index in [1.165, 1.54) is 38.0 Å². The van der Waals surface area contributed by atoms with Gasteiger partial charge in [0.2, 0.25) is 0 Å². The summed E-state index contributed by atoms with van der Waals surface area (Å²) in [6, 6.07) is 10.7. The molecule has 0 radical (unpaired) electrons. The molecule has 2 saturated heterocycles. The highest BCUT2D eigenvalue weighted by atomic mass is 15.3. The molecule has 1 unspecified atom stereocenters.